The van der Waals surface area contributed by atoms with Crippen molar-refractivity contribution < 1.29 is 4.74 Å². The number of nitrogens with two attached hydrogens (primary N) is 1. The molecule has 1 saturated heterocycles. The highest BCUT2D eigenvalue weighted by atomic mass is 16.5. The highest BCUT2D eigenvalue weighted by Gasteiger charge is 2.25. The van der Waals surface area contributed by atoms with E-state index in [0.29, 0.717) is 5.92 Å². The summed E-state index contributed by atoms with van der Waals surface area (Å²) in [4.78, 5) is 2.44. The van der Waals surface area contributed by atoms with Gasteiger partial charge in [0.15, 0.2) is 0 Å². The summed E-state index contributed by atoms with van der Waals surface area (Å²) >= 11 is 0. The van der Waals surface area contributed by atoms with Crippen LogP contribution in [0.4, 0.5) is 5.69 Å². The summed E-state index contributed by atoms with van der Waals surface area (Å²) in [7, 11) is 1.70. The molecule has 0 radical (unpaired) electrons. The van der Waals surface area contributed by atoms with Gasteiger partial charge in [-0.2, -0.15) is 0 Å². The Hall–Kier alpha value is -2.00. The first-order chi connectivity index (χ1) is 11.1. The monoisotopic (exact) mass is 310 g/mol. The van der Waals surface area contributed by atoms with Gasteiger partial charge < -0.3 is 15.4 Å². The number of benzene rings is 2. The fourth-order valence-electron chi connectivity index (χ4n) is 3.52. The van der Waals surface area contributed by atoms with E-state index < -0.39 is 0 Å². The molecule has 2 atom stereocenters. The Morgan fingerprint density at radius 2 is 1.91 bits per heavy atom. The highest BCUT2D eigenvalue weighted by Crippen LogP contribution is 2.26. The van der Waals surface area contributed by atoms with Gasteiger partial charge in [-0.1, -0.05) is 24.3 Å². The number of methoxy groups -OCH3 is 1. The van der Waals surface area contributed by atoms with Gasteiger partial charge in [0, 0.05) is 24.8 Å². The molecule has 1 aliphatic rings. The van der Waals surface area contributed by atoms with Crippen LogP contribution < -0.4 is 15.4 Å². The number of piperidine rings is 1. The molecule has 2 unspecified atom stereocenters. The lowest BCUT2D eigenvalue weighted by molar-refractivity contribution is 0.374. The predicted molar refractivity (Wildman–Crippen MR) is 96.2 cm³/mol. The largest absolute Gasteiger partial charge is 0.497 e. The van der Waals surface area contributed by atoms with Gasteiger partial charge >= 0.3 is 0 Å². The number of nitrogens with zero attached hydrogens (tertiary/aromatic N) is 1. The Labute approximate surface area is 139 Å². The van der Waals surface area contributed by atoms with Crippen molar-refractivity contribution in [2.45, 2.75) is 25.8 Å². The average molecular weight is 310 g/mol. The molecular weight excluding hydrogens is 284 g/mol. The maximum atomic E-state index is 6.33. The van der Waals surface area contributed by atoms with Crippen molar-refractivity contribution in [2.75, 3.05) is 25.1 Å². The Bertz CT molecular complexity index is 638. The van der Waals surface area contributed by atoms with E-state index in [9.17, 15) is 0 Å². The van der Waals surface area contributed by atoms with Gasteiger partial charge in [-0.25, -0.2) is 0 Å². The third-order valence-electron chi connectivity index (χ3n) is 4.62. The van der Waals surface area contributed by atoms with Gasteiger partial charge in [0.05, 0.1) is 7.11 Å². The fraction of sp³-hybridized carbons (Fsp3) is 0.400. The van der Waals surface area contributed by atoms with Crippen LogP contribution in [-0.2, 0) is 6.42 Å². The molecule has 0 bridgehead atoms. The fourth-order valence-corrected chi connectivity index (χ4v) is 3.52. The standard InChI is InChI=1S/C20H26N2O/c1-15-4-3-5-19(10-15)22-13-17(12-18(21)14-22)11-16-6-8-20(23-2)9-7-16/h3-10,17-18H,11-14,21H2,1-2H3. The minimum Gasteiger partial charge on any atom is -0.497 e. The highest BCUT2D eigenvalue weighted by molar-refractivity contribution is 5.49. The molecule has 0 saturated carbocycles. The van der Waals surface area contributed by atoms with Crippen molar-refractivity contribution in [3.8, 4) is 5.75 Å². The minimum atomic E-state index is 0.243. The van der Waals surface area contributed by atoms with Crippen molar-refractivity contribution in [1.29, 1.82) is 0 Å². The maximum Gasteiger partial charge on any atom is 0.118 e. The van der Waals surface area contributed by atoms with Crippen molar-refractivity contribution in [1.82, 2.24) is 0 Å². The number of rotatable bonds is 4. The molecule has 1 aliphatic heterocycles. The summed E-state index contributed by atoms with van der Waals surface area (Å²) in [5, 5.41) is 0. The van der Waals surface area contributed by atoms with E-state index in [0.717, 1.165) is 31.7 Å². The summed E-state index contributed by atoms with van der Waals surface area (Å²) < 4.78 is 5.23. The zero-order valence-corrected chi connectivity index (χ0v) is 14.0. The van der Waals surface area contributed by atoms with Crippen LogP contribution in [0, 0.1) is 12.8 Å². The third-order valence-corrected chi connectivity index (χ3v) is 4.62. The van der Waals surface area contributed by atoms with Crippen LogP contribution in [0.1, 0.15) is 17.5 Å². The van der Waals surface area contributed by atoms with E-state index >= 15 is 0 Å². The molecule has 3 rings (SSSR count). The topological polar surface area (TPSA) is 38.5 Å². The molecule has 3 heteroatoms. The molecule has 1 heterocycles. The van der Waals surface area contributed by atoms with Gasteiger partial charge in [0.2, 0.25) is 0 Å². The van der Waals surface area contributed by atoms with Crippen molar-refractivity contribution in [3.63, 3.8) is 0 Å². The maximum absolute atomic E-state index is 6.33. The molecule has 0 aromatic heterocycles. The SMILES string of the molecule is COc1ccc(CC2CC(N)CN(c3cccc(C)c3)C2)cc1. The number of aryl methyl sites for hydroxylation is 1. The summed E-state index contributed by atoms with van der Waals surface area (Å²) in [5.41, 5.74) is 10.3. The normalized spacial score (nSPS) is 21.3. The summed E-state index contributed by atoms with van der Waals surface area (Å²) in [6.45, 7) is 4.16. The second kappa shape index (κ2) is 7.05. The molecular formula is C20H26N2O. The van der Waals surface area contributed by atoms with Crippen LogP contribution >= 0.6 is 0 Å². The molecule has 0 aliphatic carbocycles. The van der Waals surface area contributed by atoms with Crippen molar-refractivity contribution in [2.24, 2.45) is 11.7 Å². The van der Waals surface area contributed by atoms with Crippen LogP contribution in [0.15, 0.2) is 48.5 Å². The van der Waals surface area contributed by atoms with Crippen LogP contribution in [0.25, 0.3) is 0 Å². The minimum absolute atomic E-state index is 0.243. The molecule has 122 valence electrons. The first-order valence-corrected chi connectivity index (χ1v) is 8.34. The summed E-state index contributed by atoms with van der Waals surface area (Å²) in [6.07, 6.45) is 2.16. The third kappa shape index (κ3) is 4.05. The molecule has 3 nitrogen and oxygen atoms in total. The van der Waals surface area contributed by atoms with Crippen LogP contribution in [0.3, 0.4) is 0 Å². The second-order valence-electron chi connectivity index (χ2n) is 6.66. The smallest absolute Gasteiger partial charge is 0.118 e. The van der Waals surface area contributed by atoms with E-state index in [-0.39, 0.29) is 6.04 Å². The Kier molecular flexibility index (Phi) is 4.87. The van der Waals surface area contributed by atoms with Crippen LogP contribution in [0.2, 0.25) is 0 Å². The number of anilines is 1. The summed E-state index contributed by atoms with van der Waals surface area (Å²) in [6, 6.07) is 17.4. The lowest BCUT2D eigenvalue weighted by Crippen LogP contribution is -2.47. The second-order valence-corrected chi connectivity index (χ2v) is 6.66. The molecule has 0 amide bonds. The number of hydrogen-bond acceptors (Lipinski definition) is 3. The van der Waals surface area contributed by atoms with Gasteiger partial charge in [0.25, 0.3) is 0 Å². The van der Waals surface area contributed by atoms with Crippen LogP contribution in [0.5, 0.6) is 5.75 Å². The van der Waals surface area contributed by atoms with Gasteiger partial charge in [-0.3, -0.25) is 0 Å². The number of hydrogen-bond donors (Lipinski definition) is 1. The molecule has 2 aromatic carbocycles. The predicted octanol–water partition coefficient (Wildman–Crippen LogP) is 3.40. The Balaban J connectivity index is 1.70. The molecule has 2 N–H and O–H groups in total. The lowest BCUT2D eigenvalue weighted by Gasteiger charge is -2.38. The van der Waals surface area contributed by atoms with Crippen LogP contribution in [-0.4, -0.2) is 26.2 Å². The van der Waals surface area contributed by atoms with Crippen molar-refractivity contribution >= 4 is 5.69 Å². The van der Waals surface area contributed by atoms with E-state index in [2.05, 4.69) is 48.2 Å². The molecule has 1 fully saturated rings. The first kappa shape index (κ1) is 15.9. The first-order valence-electron chi connectivity index (χ1n) is 8.34. The molecule has 23 heavy (non-hydrogen) atoms. The average Bonchev–Trinajstić information content (AvgIpc) is 2.55. The lowest BCUT2D eigenvalue weighted by atomic mass is 9.88. The van der Waals surface area contributed by atoms with E-state index in [1.54, 1.807) is 7.11 Å². The van der Waals surface area contributed by atoms with E-state index in [1.165, 1.54) is 16.8 Å². The molecule has 2 aromatic rings. The Morgan fingerprint density at radius 3 is 2.61 bits per heavy atom. The quantitative estimate of drug-likeness (QED) is 0.940. The van der Waals surface area contributed by atoms with Gasteiger partial charge in [-0.15, -0.1) is 0 Å². The Morgan fingerprint density at radius 1 is 1.13 bits per heavy atom. The summed E-state index contributed by atoms with van der Waals surface area (Å²) in [5.74, 6) is 1.50. The zero-order valence-electron chi connectivity index (χ0n) is 14.0. The van der Waals surface area contributed by atoms with Crippen molar-refractivity contribution in [3.05, 3.63) is 59.7 Å². The van der Waals surface area contributed by atoms with Gasteiger partial charge in [0.1, 0.15) is 5.75 Å². The van der Waals surface area contributed by atoms with E-state index in [1.807, 2.05) is 12.1 Å². The van der Waals surface area contributed by atoms with Gasteiger partial charge in [-0.05, 0) is 61.1 Å². The van der Waals surface area contributed by atoms with E-state index in [4.69, 9.17) is 10.5 Å². The molecule has 0 spiro atoms. The zero-order chi connectivity index (χ0) is 16.2. The number of ether oxygens (including phenoxy) is 1.